The fraction of sp³-hybridized carbons (Fsp3) is 0.625. The first-order valence-corrected chi connectivity index (χ1v) is 7.32. The Balaban J connectivity index is 2.19. The van der Waals surface area contributed by atoms with Crippen molar-refractivity contribution >= 4 is 0 Å². The van der Waals surface area contributed by atoms with Gasteiger partial charge >= 0.3 is 0 Å². The van der Waals surface area contributed by atoms with Crippen LogP contribution >= 0.6 is 0 Å². The second kappa shape index (κ2) is 6.90. The van der Waals surface area contributed by atoms with Gasteiger partial charge in [-0.2, -0.15) is 0 Å². The summed E-state index contributed by atoms with van der Waals surface area (Å²) in [5.41, 5.74) is 0.699. The van der Waals surface area contributed by atoms with E-state index >= 15 is 0 Å². The van der Waals surface area contributed by atoms with Crippen LogP contribution < -0.4 is 10.1 Å². The van der Waals surface area contributed by atoms with Crippen LogP contribution in [0.15, 0.2) is 18.2 Å². The quantitative estimate of drug-likeness (QED) is 0.802. The van der Waals surface area contributed by atoms with Crippen LogP contribution in [0.5, 0.6) is 5.75 Å². The molecule has 0 radical (unpaired) electrons. The average molecular weight is 265 g/mol. The number of halogens is 1. The Labute approximate surface area is 115 Å². The molecule has 0 aliphatic heterocycles. The van der Waals surface area contributed by atoms with Crippen LogP contribution in [0.1, 0.15) is 50.6 Å². The predicted octanol–water partition coefficient (Wildman–Crippen LogP) is 4.07. The number of methoxy groups -OCH3 is 1. The van der Waals surface area contributed by atoms with Crippen molar-refractivity contribution in [1.29, 1.82) is 0 Å². The zero-order valence-electron chi connectivity index (χ0n) is 11.9. The zero-order chi connectivity index (χ0) is 13.7. The molecule has 1 aliphatic carbocycles. The third-order valence-electron chi connectivity index (χ3n) is 4.02. The third-order valence-corrected chi connectivity index (χ3v) is 4.02. The summed E-state index contributed by atoms with van der Waals surface area (Å²) in [5, 5.41) is 3.48. The summed E-state index contributed by atoms with van der Waals surface area (Å²) in [4.78, 5) is 0. The lowest BCUT2D eigenvalue weighted by Crippen LogP contribution is -2.27. The molecule has 1 aromatic rings. The number of hydrogen-bond donors (Lipinski definition) is 1. The van der Waals surface area contributed by atoms with Gasteiger partial charge in [-0.3, -0.25) is 0 Å². The van der Waals surface area contributed by atoms with Crippen molar-refractivity contribution in [3.8, 4) is 5.75 Å². The molecule has 19 heavy (non-hydrogen) atoms. The Hall–Kier alpha value is -1.09. The summed E-state index contributed by atoms with van der Waals surface area (Å²) in [5.74, 6) is 1.24. The molecular weight excluding hydrogens is 241 g/mol. The first kappa shape index (κ1) is 14.3. The lowest BCUT2D eigenvalue weighted by molar-refractivity contribution is 0.255. The molecule has 1 fully saturated rings. The molecule has 3 heteroatoms. The van der Waals surface area contributed by atoms with Crippen molar-refractivity contribution in [1.82, 2.24) is 5.32 Å². The maximum Gasteiger partial charge on any atom is 0.131 e. The highest BCUT2D eigenvalue weighted by molar-refractivity contribution is 5.37. The minimum Gasteiger partial charge on any atom is -0.496 e. The van der Waals surface area contributed by atoms with Gasteiger partial charge in [0.1, 0.15) is 11.6 Å². The predicted molar refractivity (Wildman–Crippen MR) is 75.9 cm³/mol. The standard InChI is InChI=1S/C16H24FNO/c1-3-10-18-14(11-12-6-4-7-12)16-13(17)8-5-9-15(16)19-2/h5,8-9,12,14,18H,3-4,6-7,10-11H2,1-2H3. The van der Waals surface area contributed by atoms with Gasteiger partial charge in [-0.05, 0) is 37.4 Å². The van der Waals surface area contributed by atoms with Gasteiger partial charge in [0.05, 0.1) is 7.11 Å². The maximum absolute atomic E-state index is 14.2. The molecule has 2 nitrogen and oxygen atoms in total. The zero-order valence-corrected chi connectivity index (χ0v) is 11.9. The number of benzene rings is 1. The SMILES string of the molecule is CCCNC(CC1CCC1)c1c(F)cccc1OC. The lowest BCUT2D eigenvalue weighted by Gasteiger charge is -2.31. The summed E-state index contributed by atoms with van der Waals surface area (Å²) in [6, 6.07) is 5.15. The second-order valence-electron chi connectivity index (χ2n) is 5.40. The van der Waals surface area contributed by atoms with E-state index in [0.717, 1.165) is 25.3 Å². The van der Waals surface area contributed by atoms with E-state index in [0.29, 0.717) is 11.3 Å². The molecule has 2 rings (SSSR count). The first-order valence-electron chi connectivity index (χ1n) is 7.32. The molecular formula is C16H24FNO. The van der Waals surface area contributed by atoms with Crippen molar-refractivity contribution in [3.63, 3.8) is 0 Å². The number of rotatable bonds is 7. The molecule has 0 spiro atoms. The van der Waals surface area contributed by atoms with Crippen molar-refractivity contribution in [2.24, 2.45) is 5.92 Å². The Morgan fingerprint density at radius 3 is 2.79 bits per heavy atom. The summed E-state index contributed by atoms with van der Waals surface area (Å²) < 4.78 is 19.5. The Kier molecular flexibility index (Phi) is 5.20. The van der Waals surface area contributed by atoms with E-state index in [1.165, 1.54) is 25.3 Å². The Bertz CT molecular complexity index is 404. The highest BCUT2D eigenvalue weighted by Crippen LogP contribution is 2.38. The topological polar surface area (TPSA) is 21.3 Å². The molecule has 0 bridgehead atoms. The summed E-state index contributed by atoms with van der Waals surface area (Å²) in [7, 11) is 1.61. The smallest absolute Gasteiger partial charge is 0.131 e. The largest absolute Gasteiger partial charge is 0.496 e. The molecule has 0 saturated heterocycles. The molecule has 1 unspecified atom stereocenters. The molecule has 1 N–H and O–H groups in total. The van der Waals surface area contributed by atoms with Crippen LogP contribution in [0, 0.1) is 11.7 Å². The number of hydrogen-bond acceptors (Lipinski definition) is 2. The molecule has 106 valence electrons. The van der Waals surface area contributed by atoms with E-state index in [-0.39, 0.29) is 11.9 Å². The van der Waals surface area contributed by atoms with Gasteiger partial charge < -0.3 is 10.1 Å². The van der Waals surface area contributed by atoms with Gasteiger partial charge in [-0.15, -0.1) is 0 Å². The molecule has 1 aromatic carbocycles. The van der Waals surface area contributed by atoms with Crippen LogP contribution in [0.25, 0.3) is 0 Å². The van der Waals surface area contributed by atoms with Gasteiger partial charge in [0.25, 0.3) is 0 Å². The van der Waals surface area contributed by atoms with Crippen molar-refractivity contribution in [2.45, 2.75) is 45.1 Å². The first-order chi connectivity index (χ1) is 9.26. The molecule has 0 aromatic heterocycles. The molecule has 1 atom stereocenters. The summed E-state index contributed by atoms with van der Waals surface area (Å²) >= 11 is 0. The van der Waals surface area contributed by atoms with Crippen molar-refractivity contribution in [3.05, 3.63) is 29.6 Å². The van der Waals surface area contributed by atoms with E-state index in [1.807, 2.05) is 6.07 Å². The van der Waals surface area contributed by atoms with E-state index in [2.05, 4.69) is 12.2 Å². The minimum atomic E-state index is -0.160. The van der Waals surface area contributed by atoms with Crippen LogP contribution in [0.2, 0.25) is 0 Å². The van der Waals surface area contributed by atoms with E-state index < -0.39 is 0 Å². The second-order valence-corrected chi connectivity index (χ2v) is 5.40. The van der Waals surface area contributed by atoms with Gasteiger partial charge in [-0.25, -0.2) is 4.39 Å². The normalized spacial score (nSPS) is 17.0. The van der Waals surface area contributed by atoms with Gasteiger partial charge in [0, 0.05) is 11.6 Å². The molecule has 0 amide bonds. The van der Waals surface area contributed by atoms with Gasteiger partial charge in [0.2, 0.25) is 0 Å². The molecule has 1 aliphatic rings. The number of nitrogens with one attached hydrogen (secondary N) is 1. The van der Waals surface area contributed by atoms with E-state index in [1.54, 1.807) is 13.2 Å². The molecule has 0 heterocycles. The van der Waals surface area contributed by atoms with Crippen LogP contribution in [-0.2, 0) is 0 Å². The highest BCUT2D eigenvalue weighted by Gasteiger charge is 2.26. The van der Waals surface area contributed by atoms with Crippen LogP contribution in [0.4, 0.5) is 4.39 Å². The fourth-order valence-electron chi connectivity index (χ4n) is 2.72. The monoisotopic (exact) mass is 265 g/mol. The Morgan fingerprint density at radius 2 is 2.21 bits per heavy atom. The van der Waals surface area contributed by atoms with Crippen LogP contribution in [0.3, 0.4) is 0 Å². The van der Waals surface area contributed by atoms with Gasteiger partial charge in [0.15, 0.2) is 0 Å². The summed E-state index contributed by atoms with van der Waals surface area (Å²) in [6.45, 7) is 3.04. The van der Waals surface area contributed by atoms with Crippen molar-refractivity contribution < 1.29 is 9.13 Å². The van der Waals surface area contributed by atoms with Crippen molar-refractivity contribution in [2.75, 3.05) is 13.7 Å². The van der Waals surface area contributed by atoms with Crippen LogP contribution in [-0.4, -0.2) is 13.7 Å². The average Bonchev–Trinajstić information content (AvgIpc) is 2.37. The van der Waals surface area contributed by atoms with E-state index in [4.69, 9.17) is 4.74 Å². The van der Waals surface area contributed by atoms with Gasteiger partial charge in [-0.1, -0.05) is 32.3 Å². The lowest BCUT2D eigenvalue weighted by atomic mass is 9.79. The minimum absolute atomic E-state index is 0.0707. The summed E-state index contributed by atoms with van der Waals surface area (Å²) in [6.07, 6.45) is 5.94. The van der Waals surface area contributed by atoms with E-state index in [9.17, 15) is 4.39 Å². The third kappa shape index (κ3) is 3.47. The number of ether oxygens (including phenoxy) is 1. The highest BCUT2D eigenvalue weighted by atomic mass is 19.1. The fourth-order valence-corrected chi connectivity index (χ4v) is 2.72. The molecule has 1 saturated carbocycles. The Morgan fingerprint density at radius 1 is 1.42 bits per heavy atom. The maximum atomic E-state index is 14.2.